The van der Waals surface area contributed by atoms with Gasteiger partial charge in [0.05, 0.1) is 12.7 Å². The summed E-state index contributed by atoms with van der Waals surface area (Å²) in [5, 5.41) is 0. The molecule has 1 aliphatic carbocycles. The van der Waals surface area contributed by atoms with E-state index in [0.29, 0.717) is 16.2 Å². The molecular weight excluding hydrogens is 344 g/mol. The molecule has 0 atom stereocenters. The standard InChI is InChI=1S/C26H52O2/c1-12-13-18-27-28-21-14-16-26(17-15-21,24(8,9)19-22(2,3)4)25(10,11)20-23(5,6)7/h21H,12-20H2,1-11H3. The monoisotopic (exact) mass is 396 g/mol. The Hall–Kier alpha value is -0.0800. The Morgan fingerprint density at radius 3 is 1.54 bits per heavy atom. The van der Waals surface area contributed by atoms with Crippen LogP contribution in [0.4, 0.5) is 0 Å². The molecule has 0 amide bonds. The van der Waals surface area contributed by atoms with E-state index in [1.165, 1.54) is 25.7 Å². The second kappa shape index (κ2) is 9.38. The van der Waals surface area contributed by atoms with Crippen molar-refractivity contribution in [3.63, 3.8) is 0 Å². The van der Waals surface area contributed by atoms with Gasteiger partial charge in [-0.3, -0.25) is 0 Å². The van der Waals surface area contributed by atoms with E-state index in [1.807, 2.05) is 0 Å². The third kappa shape index (κ3) is 7.01. The fraction of sp³-hybridized carbons (Fsp3) is 1.00. The predicted octanol–water partition coefficient (Wildman–Crippen LogP) is 8.59. The molecular formula is C26H52O2. The van der Waals surface area contributed by atoms with E-state index in [1.54, 1.807) is 0 Å². The van der Waals surface area contributed by atoms with Crippen LogP contribution in [0, 0.1) is 27.1 Å². The summed E-state index contributed by atoms with van der Waals surface area (Å²) < 4.78 is 0. The fourth-order valence-electron chi connectivity index (χ4n) is 6.79. The maximum atomic E-state index is 5.81. The molecule has 0 aromatic rings. The van der Waals surface area contributed by atoms with Crippen LogP contribution in [-0.4, -0.2) is 12.7 Å². The zero-order chi connectivity index (χ0) is 21.9. The summed E-state index contributed by atoms with van der Waals surface area (Å²) in [5.41, 5.74) is 1.57. The molecule has 28 heavy (non-hydrogen) atoms. The summed E-state index contributed by atoms with van der Waals surface area (Å²) in [5.74, 6) is 0. The van der Waals surface area contributed by atoms with Gasteiger partial charge in [-0.2, -0.15) is 0 Å². The summed E-state index contributed by atoms with van der Waals surface area (Å²) in [6, 6.07) is 0. The lowest BCUT2D eigenvalue weighted by atomic mass is 9.44. The Morgan fingerprint density at radius 1 is 0.750 bits per heavy atom. The number of rotatable bonds is 9. The maximum absolute atomic E-state index is 5.81. The molecule has 1 saturated carbocycles. The molecule has 2 nitrogen and oxygen atoms in total. The molecule has 0 unspecified atom stereocenters. The van der Waals surface area contributed by atoms with Crippen LogP contribution in [0.2, 0.25) is 0 Å². The van der Waals surface area contributed by atoms with Crippen LogP contribution in [-0.2, 0) is 9.78 Å². The SMILES string of the molecule is CCCCOOC1CCC(C(C)(C)CC(C)(C)C)(C(C)(C)CC(C)(C)C)CC1. The Kier molecular flexibility index (Phi) is 8.69. The summed E-state index contributed by atoms with van der Waals surface area (Å²) >= 11 is 0. The van der Waals surface area contributed by atoms with E-state index in [9.17, 15) is 0 Å². The van der Waals surface area contributed by atoms with E-state index in [0.717, 1.165) is 32.3 Å². The molecule has 0 heterocycles. The van der Waals surface area contributed by atoms with Crippen molar-refractivity contribution in [2.45, 2.75) is 134 Å². The lowest BCUT2D eigenvalue weighted by molar-refractivity contribution is -0.334. The highest BCUT2D eigenvalue weighted by molar-refractivity contribution is 5.06. The zero-order valence-corrected chi connectivity index (χ0v) is 21.3. The van der Waals surface area contributed by atoms with Crippen LogP contribution in [0.3, 0.4) is 0 Å². The minimum atomic E-state index is 0.265. The van der Waals surface area contributed by atoms with Crippen molar-refractivity contribution in [2.75, 3.05) is 6.61 Å². The van der Waals surface area contributed by atoms with Crippen molar-refractivity contribution in [3.05, 3.63) is 0 Å². The zero-order valence-electron chi connectivity index (χ0n) is 21.3. The van der Waals surface area contributed by atoms with Crippen molar-refractivity contribution < 1.29 is 9.78 Å². The Labute approximate surface area is 177 Å². The average Bonchev–Trinajstić information content (AvgIpc) is 2.47. The molecule has 0 N–H and O–H groups in total. The Balaban J connectivity index is 3.05. The fourth-order valence-corrected chi connectivity index (χ4v) is 6.79. The molecule has 1 fully saturated rings. The van der Waals surface area contributed by atoms with Gasteiger partial charge in [-0.1, -0.05) is 82.6 Å². The molecule has 1 rings (SSSR count). The predicted molar refractivity (Wildman–Crippen MR) is 122 cm³/mol. The molecule has 0 radical (unpaired) electrons. The summed E-state index contributed by atoms with van der Waals surface area (Å²) in [7, 11) is 0. The second-order valence-electron chi connectivity index (χ2n) is 13.3. The van der Waals surface area contributed by atoms with Gasteiger partial charge in [-0.15, -0.1) is 0 Å². The van der Waals surface area contributed by atoms with Gasteiger partial charge in [0.15, 0.2) is 0 Å². The number of hydrogen-bond acceptors (Lipinski definition) is 2. The van der Waals surface area contributed by atoms with E-state index in [-0.39, 0.29) is 16.9 Å². The summed E-state index contributed by atoms with van der Waals surface area (Å²) in [6.07, 6.45) is 9.72. The minimum Gasteiger partial charge on any atom is -0.236 e. The normalized spacial score (nSPS) is 19.8. The smallest absolute Gasteiger partial charge is 0.0930 e. The van der Waals surface area contributed by atoms with Crippen molar-refractivity contribution in [1.82, 2.24) is 0 Å². The van der Waals surface area contributed by atoms with Crippen LogP contribution >= 0.6 is 0 Å². The van der Waals surface area contributed by atoms with E-state index < -0.39 is 0 Å². The first-order valence-corrected chi connectivity index (χ1v) is 11.8. The van der Waals surface area contributed by atoms with Crippen molar-refractivity contribution in [1.29, 1.82) is 0 Å². The second-order valence-corrected chi connectivity index (χ2v) is 13.3. The molecule has 0 aliphatic heterocycles. The molecule has 0 spiro atoms. The van der Waals surface area contributed by atoms with Gasteiger partial charge in [-0.25, -0.2) is 9.78 Å². The Bertz CT molecular complexity index is 424. The third-order valence-corrected chi connectivity index (χ3v) is 7.11. The van der Waals surface area contributed by atoms with Crippen molar-refractivity contribution >= 4 is 0 Å². The Morgan fingerprint density at radius 2 is 1.18 bits per heavy atom. The van der Waals surface area contributed by atoms with Crippen LogP contribution in [0.1, 0.15) is 128 Å². The first-order valence-electron chi connectivity index (χ1n) is 11.8. The molecule has 0 aromatic carbocycles. The highest BCUT2D eigenvalue weighted by atomic mass is 17.2. The van der Waals surface area contributed by atoms with Gasteiger partial charge in [-0.05, 0) is 72.0 Å². The highest BCUT2D eigenvalue weighted by Gasteiger charge is 2.56. The third-order valence-electron chi connectivity index (χ3n) is 7.11. The van der Waals surface area contributed by atoms with Gasteiger partial charge >= 0.3 is 0 Å². The minimum absolute atomic E-state index is 0.265. The molecule has 0 saturated heterocycles. The average molecular weight is 397 g/mol. The van der Waals surface area contributed by atoms with E-state index in [4.69, 9.17) is 9.78 Å². The highest BCUT2D eigenvalue weighted by Crippen LogP contribution is 2.65. The molecule has 2 heteroatoms. The van der Waals surface area contributed by atoms with Crippen LogP contribution in [0.5, 0.6) is 0 Å². The largest absolute Gasteiger partial charge is 0.236 e. The van der Waals surface area contributed by atoms with Crippen molar-refractivity contribution in [3.8, 4) is 0 Å². The van der Waals surface area contributed by atoms with Gasteiger partial charge in [0.1, 0.15) is 0 Å². The first-order chi connectivity index (χ1) is 12.6. The summed E-state index contributed by atoms with van der Waals surface area (Å²) in [4.78, 5) is 11.3. The quantitative estimate of drug-likeness (QED) is 0.221. The van der Waals surface area contributed by atoms with Crippen LogP contribution in [0.25, 0.3) is 0 Å². The molecule has 0 bridgehead atoms. The lowest BCUT2D eigenvalue weighted by Crippen LogP contribution is -2.53. The van der Waals surface area contributed by atoms with Crippen molar-refractivity contribution in [2.24, 2.45) is 27.1 Å². The van der Waals surface area contributed by atoms with Crippen LogP contribution < -0.4 is 0 Å². The van der Waals surface area contributed by atoms with Crippen LogP contribution in [0.15, 0.2) is 0 Å². The maximum Gasteiger partial charge on any atom is 0.0930 e. The molecule has 1 aliphatic rings. The molecule has 168 valence electrons. The van der Waals surface area contributed by atoms with Gasteiger partial charge in [0.25, 0.3) is 0 Å². The molecule has 0 aromatic heterocycles. The lowest BCUT2D eigenvalue weighted by Gasteiger charge is -2.61. The van der Waals surface area contributed by atoms with E-state index in [2.05, 4.69) is 76.2 Å². The summed E-state index contributed by atoms with van der Waals surface area (Å²) in [6.45, 7) is 27.5. The number of unbranched alkanes of at least 4 members (excludes halogenated alkanes) is 1. The first kappa shape index (κ1) is 26.0. The topological polar surface area (TPSA) is 18.5 Å². The number of hydrogen-bond donors (Lipinski definition) is 0. The van der Waals surface area contributed by atoms with Gasteiger partial charge in [0.2, 0.25) is 0 Å². The van der Waals surface area contributed by atoms with Gasteiger partial charge < -0.3 is 0 Å². The van der Waals surface area contributed by atoms with E-state index >= 15 is 0 Å². The van der Waals surface area contributed by atoms with Gasteiger partial charge in [0, 0.05) is 0 Å².